The number of aromatic nitrogens is 3. The smallest absolute Gasteiger partial charge is 0.266 e. The fraction of sp³-hybridized carbons (Fsp3) is 0.0556. The lowest BCUT2D eigenvalue weighted by Crippen LogP contribution is -2.23. The van der Waals surface area contributed by atoms with Crippen molar-refractivity contribution >= 4 is 57.6 Å². The number of benzene rings is 1. The third-order valence-electron chi connectivity index (χ3n) is 3.55. The van der Waals surface area contributed by atoms with E-state index in [9.17, 15) is 4.79 Å². The molecule has 0 radical (unpaired) electrons. The Morgan fingerprint density at radius 1 is 1.16 bits per heavy atom. The molecule has 4 nitrogen and oxygen atoms in total. The first-order valence-corrected chi connectivity index (χ1v) is 10.4. The minimum absolute atomic E-state index is 0.128. The summed E-state index contributed by atoms with van der Waals surface area (Å²) in [5.41, 5.74) is 0.870. The SMILES string of the molecule is CSc1ccc(/C=c2\sc3nc(/C=C/c4cccs4)nn3c2=O)cc1. The number of thioether (sulfide) groups is 1. The van der Waals surface area contributed by atoms with Crippen LogP contribution in [0.5, 0.6) is 0 Å². The first-order valence-electron chi connectivity index (χ1n) is 7.50. The molecule has 0 saturated carbocycles. The summed E-state index contributed by atoms with van der Waals surface area (Å²) in [4.78, 5) is 19.9. The Morgan fingerprint density at radius 3 is 2.68 bits per heavy atom. The largest absolute Gasteiger partial charge is 0.291 e. The van der Waals surface area contributed by atoms with Crippen LogP contribution in [0.1, 0.15) is 16.3 Å². The Hall–Kier alpha value is -2.22. The zero-order valence-electron chi connectivity index (χ0n) is 13.2. The molecule has 0 aliphatic heterocycles. The second-order valence-electron chi connectivity index (χ2n) is 5.20. The number of thiophene rings is 1. The number of thiazole rings is 1. The quantitative estimate of drug-likeness (QED) is 0.505. The van der Waals surface area contributed by atoms with E-state index in [1.165, 1.54) is 20.7 Å². The van der Waals surface area contributed by atoms with Crippen molar-refractivity contribution in [2.24, 2.45) is 0 Å². The zero-order chi connectivity index (χ0) is 17.2. The van der Waals surface area contributed by atoms with Crippen molar-refractivity contribution in [2.75, 3.05) is 6.26 Å². The number of hydrogen-bond donors (Lipinski definition) is 0. The summed E-state index contributed by atoms with van der Waals surface area (Å²) in [6, 6.07) is 12.1. The highest BCUT2D eigenvalue weighted by molar-refractivity contribution is 7.98. The molecule has 3 aromatic heterocycles. The van der Waals surface area contributed by atoms with E-state index in [1.807, 2.05) is 66.3 Å². The molecule has 25 heavy (non-hydrogen) atoms. The van der Waals surface area contributed by atoms with E-state index >= 15 is 0 Å². The van der Waals surface area contributed by atoms with E-state index in [0.29, 0.717) is 15.3 Å². The van der Waals surface area contributed by atoms with Gasteiger partial charge in [0.2, 0.25) is 4.96 Å². The van der Waals surface area contributed by atoms with Crippen molar-refractivity contribution in [2.45, 2.75) is 4.90 Å². The van der Waals surface area contributed by atoms with Crippen molar-refractivity contribution in [3.8, 4) is 0 Å². The maximum Gasteiger partial charge on any atom is 0.291 e. The van der Waals surface area contributed by atoms with Gasteiger partial charge in [-0.15, -0.1) is 28.2 Å². The first-order chi connectivity index (χ1) is 12.2. The van der Waals surface area contributed by atoms with E-state index in [0.717, 1.165) is 10.4 Å². The molecule has 0 saturated heterocycles. The van der Waals surface area contributed by atoms with Crippen LogP contribution in [0.25, 0.3) is 23.2 Å². The summed E-state index contributed by atoms with van der Waals surface area (Å²) in [5, 5.41) is 6.32. The Bertz CT molecular complexity index is 1140. The van der Waals surface area contributed by atoms with Crippen LogP contribution in [0.3, 0.4) is 0 Å². The molecule has 0 bridgehead atoms. The van der Waals surface area contributed by atoms with E-state index in [4.69, 9.17) is 0 Å². The minimum atomic E-state index is -0.128. The molecule has 3 heterocycles. The Morgan fingerprint density at radius 2 is 2.00 bits per heavy atom. The third kappa shape index (κ3) is 3.44. The van der Waals surface area contributed by atoms with Crippen molar-refractivity contribution in [3.63, 3.8) is 0 Å². The lowest BCUT2D eigenvalue weighted by atomic mass is 10.2. The van der Waals surface area contributed by atoms with Crippen LogP contribution < -0.4 is 10.1 Å². The standard InChI is InChI=1S/C18H13N3OS3/c1-23-13-6-4-12(5-7-13)11-15-17(22)21-18(25-15)19-16(20-21)9-8-14-3-2-10-24-14/h2-11H,1H3/b9-8+,15-11-. The summed E-state index contributed by atoms with van der Waals surface area (Å²) < 4.78 is 2.02. The molecule has 1 aromatic carbocycles. The maximum absolute atomic E-state index is 12.5. The molecule has 0 fully saturated rings. The molecule has 4 rings (SSSR count). The number of fused-ring (bicyclic) bond motifs is 1. The molecule has 0 atom stereocenters. The summed E-state index contributed by atoms with van der Waals surface area (Å²) in [5.74, 6) is 0.549. The molecular weight excluding hydrogens is 370 g/mol. The van der Waals surface area contributed by atoms with E-state index in [-0.39, 0.29) is 5.56 Å². The topological polar surface area (TPSA) is 47.3 Å². The van der Waals surface area contributed by atoms with Gasteiger partial charge in [0.15, 0.2) is 5.82 Å². The van der Waals surface area contributed by atoms with Crippen molar-refractivity contribution < 1.29 is 0 Å². The predicted octanol–water partition coefficient (Wildman–Crippen LogP) is 3.65. The summed E-state index contributed by atoms with van der Waals surface area (Å²) in [6.07, 6.45) is 7.71. The van der Waals surface area contributed by atoms with Gasteiger partial charge in [-0.2, -0.15) is 9.50 Å². The fourth-order valence-corrected chi connectivity index (χ4v) is 4.25. The number of nitrogens with zero attached hydrogens (tertiary/aromatic N) is 3. The first kappa shape index (κ1) is 16.3. The van der Waals surface area contributed by atoms with E-state index in [2.05, 4.69) is 10.1 Å². The fourth-order valence-electron chi connectivity index (χ4n) is 2.31. The number of rotatable bonds is 4. The van der Waals surface area contributed by atoms with Crippen LogP contribution in [0.15, 0.2) is 51.5 Å². The van der Waals surface area contributed by atoms with Crippen molar-refractivity contribution in [1.82, 2.24) is 14.6 Å². The van der Waals surface area contributed by atoms with Crippen LogP contribution in [0.2, 0.25) is 0 Å². The number of hydrogen-bond acceptors (Lipinski definition) is 6. The van der Waals surface area contributed by atoms with Gasteiger partial charge >= 0.3 is 0 Å². The van der Waals surface area contributed by atoms with Crippen LogP contribution in [0, 0.1) is 0 Å². The zero-order valence-corrected chi connectivity index (χ0v) is 15.7. The van der Waals surface area contributed by atoms with Gasteiger partial charge in [-0.25, -0.2) is 0 Å². The minimum Gasteiger partial charge on any atom is -0.266 e. The molecule has 0 spiro atoms. The Balaban J connectivity index is 1.67. The van der Waals surface area contributed by atoms with Crippen LogP contribution in [-0.4, -0.2) is 20.9 Å². The Kier molecular flexibility index (Phi) is 4.52. The Labute approximate surface area is 156 Å². The highest BCUT2D eigenvalue weighted by atomic mass is 32.2. The summed E-state index contributed by atoms with van der Waals surface area (Å²) in [6.45, 7) is 0. The second-order valence-corrected chi connectivity index (χ2v) is 8.07. The highest BCUT2D eigenvalue weighted by Crippen LogP contribution is 2.15. The van der Waals surface area contributed by atoms with Gasteiger partial charge in [0.25, 0.3) is 5.56 Å². The van der Waals surface area contributed by atoms with Gasteiger partial charge in [0.1, 0.15) is 0 Å². The van der Waals surface area contributed by atoms with Gasteiger partial charge in [0.05, 0.1) is 4.53 Å². The predicted molar refractivity (Wildman–Crippen MR) is 107 cm³/mol. The average Bonchev–Trinajstić information content (AvgIpc) is 3.34. The monoisotopic (exact) mass is 383 g/mol. The van der Waals surface area contributed by atoms with Gasteiger partial charge in [-0.3, -0.25) is 4.79 Å². The molecule has 0 unspecified atom stereocenters. The maximum atomic E-state index is 12.5. The van der Waals surface area contributed by atoms with Crippen LogP contribution in [0.4, 0.5) is 0 Å². The van der Waals surface area contributed by atoms with Crippen molar-refractivity contribution in [1.29, 1.82) is 0 Å². The van der Waals surface area contributed by atoms with Crippen LogP contribution >= 0.6 is 34.4 Å². The average molecular weight is 384 g/mol. The molecule has 0 aliphatic rings. The highest BCUT2D eigenvalue weighted by Gasteiger charge is 2.08. The lowest BCUT2D eigenvalue weighted by molar-refractivity contribution is 0.925. The lowest BCUT2D eigenvalue weighted by Gasteiger charge is -1.95. The van der Waals surface area contributed by atoms with Gasteiger partial charge in [-0.1, -0.05) is 29.5 Å². The van der Waals surface area contributed by atoms with Gasteiger partial charge in [0, 0.05) is 9.77 Å². The van der Waals surface area contributed by atoms with Crippen LogP contribution in [-0.2, 0) is 0 Å². The molecule has 0 N–H and O–H groups in total. The second kappa shape index (κ2) is 6.95. The van der Waals surface area contributed by atoms with Gasteiger partial charge in [-0.05, 0) is 53.6 Å². The van der Waals surface area contributed by atoms with Gasteiger partial charge < -0.3 is 0 Å². The molecular formula is C18H13N3OS3. The van der Waals surface area contributed by atoms with E-state index in [1.54, 1.807) is 23.1 Å². The third-order valence-corrected chi connectivity index (χ3v) is 6.09. The summed E-state index contributed by atoms with van der Waals surface area (Å²) >= 11 is 4.70. The molecule has 0 aliphatic carbocycles. The van der Waals surface area contributed by atoms with E-state index < -0.39 is 0 Å². The normalized spacial score (nSPS) is 12.6. The molecule has 0 amide bonds. The van der Waals surface area contributed by atoms with Crippen molar-refractivity contribution in [3.05, 3.63) is 72.9 Å². The molecule has 7 heteroatoms. The molecule has 124 valence electrons. The molecule has 4 aromatic rings. The summed E-state index contributed by atoms with van der Waals surface area (Å²) in [7, 11) is 0.